The van der Waals surface area contributed by atoms with Gasteiger partial charge in [-0.05, 0) is 24.8 Å². The predicted octanol–water partition coefficient (Wildman–Crippen LogP) is 1.25. The van der Waals surface area contributed by atoms with Gasteiger partial charge in [0.15, 0.2) is 0 Å². The molecular weight excluding hydrogens is 316 g/mol. The second-order valence-corrected chi connectivity index (χ2v) is 7.94. The van der Waals surface area contributed by atoms with Gasteiger partial charge in [0.25, 0.3) is 5.56 Å². The highest BCUT2D eigenvalue weighted by Gasteiger charge is 2.33. The highest BCUT2D eigenvalue weighted by atomic mass is 35.5. The van der Waals surface area contributed by atoms with E-state index in [4.69, 9.17) is 11.6 Å². The maximum atomic E-state index is 12.2. The van der Waals surface area contributed by atoms with Crippen LogP contribution in [0.25, 0.3) is 0 Å². The molecule has 1 fully saturated rings. The first-order valence-electron chi connectivity index (χ1n) is 6.82. The molecule has 1 heterocycles. The van der Waals surface area contributed by atoms with Crippen LogP contribution in [0.1, 0.15) is 32.6 Å². The maximum Gasteiger partial charge on any atom is 0.266 e. The SMILES string of the molecule is CC1CCCC(O)(CNS(=O)(=O)c2c[nH]c(=O)c(Cl)c2)C1. The number of hydrogen-bond acceptors (Lipinski definition) is 4. The van der Waals surface area contributed by atoms with Gasteiger partial charge in [-0.3, -0.25) is 4.79 Å². The van der Waals surface area contributed by atoms with E-state index in [1.807, 2.05) is 6.92 Å². The molecule has 0 radical (unpaired) electrons. The van der Waals surface area contributed by atoms with E-state index in [2.05, 4.69) is 9.71 Å². The van der Waals surface area contributed by atoms with Crippen LogP contribution in [0, 0.1) is 5.92 Å². The van der Waals surface area contributed by atoms with Crippen LogP contribution in [0.2, 0.25) is 5.02 Å². The predicted molar refractivity (Wildman–Crippen MR) is 79.8 cm³/mol. The van der Waals surface area contributed by atoms with E-state index >= 15 is 0 Å². The van der Waals surface area contributed by atoms with Crippen LogP contribution in [0.3, 0.4) is 0 Å². The monoisotopic (exact) mass is 334 g/mol. The van der Waals surface area contributed by atoms with E-state index in [-0.39, 0.29) is 16.5 Å². The summed E-state index contributed by atoms with van der Waals surface area (Å²) >= 11 is 5.63. The van der Waals surface area contributed by atoms with E-state index in [1.54, 1.807) is 0 Å². The number of aromatic nitrogens is 1. The van der Waals surface area contributed by atoms with Crippen molar-refractivity contribution >= 4 is 21.6 Å². The molecule has 2 atom stereocenters. The number of rotatable bonds is 4. The lowest BCUT2D eigenvalue weighted by molar-refractivity contribution is -0.00751. The largest absolute Gasteiger partial charge is 0.389 e. The number of pyridine rings is 1. The van der Waals surface area contributed by atoms with E-state index in [0.29, 0.717) is 18.8 Å². The third kappa shape index (κ3) is 4.06. The smallest absolute Gasteiger partial charge is 0.266 e. The average Bonchev–Trinajstić information content (AvgIpc) is 2.40. The molecule has 1 aliphatic rings. The molecule has 0 bridgehead atoms. The van der Waals surface area contributed by atoms with Crippen LogP contribution in [-0.4, -0.2) is 30.7 Å². The molecule has 3 N–H and O–H groups in total. The van der Waals surface area contributed by atoms with Crippen molar-refractivity contribution in [2.75, 3.05) is 6.54 Å². The minimum atomic E-state index is -3.82. The maximum absolute atomic E-state index is 12.2. The summed E-state index contributed by atoms with van der Waals surface area (Å²) in [7, 11) is -3.82. The first-order valence-corrected chi connectivity index (χ1v) is 8.68. The molecule has 2 rings (SSSR count). The first-order chi connectivity index (χ1) is 9.72. The quantitative estimate of drug-likeness (QED) is 0.771. The summed E-state index contributed by atoms with van der Waals surface area (Å²) in [6.45, 7) is 2.00. The number of nitrogens with one attached hydrogen (secondary N) is 2. The lowest BCUT2D eigenvalue weighted by Crippen LogP contribution is -2.45. The van der Waals surface area contributed by atoms with E-state index < -0.39 is 21.2 Å². The van der Waals surface area contributed by atoms with Crippen LogP contribution in [0.5, 0.6) is 0 Å². The Morgan fingerprint density at radius 1 is 1.57 bits per heavy atom. The highest BCUT2D eigenvalue weighted by Crippen LogP contribution is 2.31. The van der Waals surface area contributed by atoms with Gasteiger partial charge in [0.05, 0.1) is 10.5 Å². The third-order valence-electron chi connectivity index (χ3n) is 3.80. The first kappa shape index (κ1) is 16.5. The number of aromatic amines is 1. The molecule has 0 aromatic carbocycles. The van der Waals surface area contributed by atoms with Crippen LogP contribution in [0.4, 0.5) is 0 Å². The Bertz CT molecular complexity index is 673. The molecule has 0 aliphatic heterocycles. The van der Waals surface area contributed by atoms with Crippen LogP contribution in [-0.2, 0) is 10.0 Å². The lowest BCUT2D eigenvalue weighted by atomic mass is 9.79. The molecule has 6 nitrogen and oxygen atoms in total. The summed E-state index contributed by atoms with van der Waals surface area (Å²) in [5, 5.41) is 10.2. The van der Waals surface area contributed by atoms with Gasteiger partial charge in [-0.25, -0.2) is 13.1 Å². The van der Waals surface area contributed by atoms with Crippen molar-refractivity contribution < 1.29 is 13.5 Å². The number of hydrogen-bond donors (Lipinski definition) is 3. The van der Waals surface area contributed by atoms with E-state index in [0.717, 1.165) is 25.1 Å². The standard InChI is InChI=1S/C13H19ClN2O4S/c1-9-3-2-4-13(18,6-9)8-16-21(19,20)10-5-11(14)12(17)15-7-10/h5,7,9,16,18H,2-4,6,8H2,1H3,(H,15,17). The molecule has 2 unspecified atom stereocenters. The van der Waals surface area contributed by atoms with Crippen molar-refractivity contribution in [2.45, 2.75) is 43.1 Å². The summed E-state index contributed by atoms with van der Waals surface area (Å²) < 4.78 is 26.7. The Morgan fingerprint density at radius 2 is 2.29 bits per heavy atom. The van der Waals surface area contributed by atoms with E-state index in [1.165, 1.54) is 0 Å². The molecule has 21 heavy (non-hydrogen) atoms. The molecule has 8 heteroatoms. The number of aliphatic hydroxyl groups is 1. The Labute approximate surface area is 128 Å². The van der Waals surface area contributed by atoms with Crippen LogP contribution >= 0.6 is 11.6 Å². The average molecular weight is 335 g/mol. The van der Waals surface area contributed by atoms with Gasteiger partial charge in [-0.2, -0.15) is 0 Å². The number of H-pyrrole nitrogens is 1. The summed E-state index contributed by atoms with van der Waals surface area (Å²) in [4.78, 5) is 13.3. The summed E-state index contributed by atoms with van der Waals surface area (Å²) in [5.41, 5.74) is -1.56. The van der Waals surface area contributed by atoms with Crippen molar-refractivity contribution in [2.24, 2.45) is 5.92 Å². The van der Waals surface area contributed by atoms with Crippen molar-refractivity contribution in [3.63, 3.8) is 0 Å². The fourth-order valence-corrected chi connectivity index (χ4v) is 4.05. The minimum Gasteiger partial charge on any atom is -0.389 e. The summed E-state index contributed by atoms with van der Waals surface area (Å²) in [6, 6.07) is 1.09. The molecule has 1 aromatic rings. The molecule has 118 valence electrons. The van der Waals surface area contributed by atoms with Crippen LogP contribution in [0.15, 0.2) is 22.0 Å². The third-order valence-corrected chi connectivity index (χ3v) is 5.46. The normalized spacial score (nSPS) is 26.7. The summed E-state index contributed by atoms with van der Waals surface area (Å²) in [6.07, 6.45) is 4.16. The Morgan fingerprint density at radius 3 is 2.90 bits per heavy atom. The second-order valence-electron chi connectivity index (χ2n) is 5.76. The Kier molecular flexibility index (Phi) is 4.77. The Balaban J connectivity index is 2.10. The zero-order chi connectivity index (χ0) is 15.7. The fourth-order valence-electron chi connectivity index (χ4n) is 2.70. The van der Waals surface area contributed by atoms with Gasteiger partial charge in [0, 0.05) is 12.7 Å². The molecule has 1 aromatic heterocycles. The fraction of sp³-hybridized carbons (Fsp3) is 0.615. The van der Waals surface area contributed by atoms with Gasteiger partial charge in [0.2, 0.25) is 10.0 Å². The van der Waals surface area contributed by atoms with Crippen molar-refractivity contribution in [3.8, 4) is 0 Å². The van der Waals surface area contributed by atoms with Gasteiger partial charge in [-0.15, -0.1) is 0 Å². The summed E-state index contributed by atoms with van der Waals surface area (Å²) in [5.74, 6) is 0.371. The lowest BCUT2D eigenvalue weighted by Gasteiger charge is -2.35. The van der Waals surface area contributed by atoms with E-state index in [9.17, 15) is 18.3 Å². The second kappa shape index (κ2) is 6.08. The van der Waals surface area contributed by atoms with Gasteiger partial charge in [0.1, 0.15) is 5.02 Å². The molecule has 1 saturated carbocycles. The van der Waals surface area contributed by atoms with Gasteiger partial charge in [-0.1, -0.05) is 31.4 Å². The highest BCUT2D eigenvalue weighted by molar-refractivity contribution is 7.89. The number of halogens is 1. The van der Waals surface area contributed by atoms with Crippen molar-refractivity contribution in [1.82, 2.24) is 9.71 Å². The molecular formula is C13H19ClN2O4S. The molecule has 0 spiro atoms. The van der Waals surface area contributed by atoms with Gasteiger partial charge >= 0.3 is 0 Å². The number of sulfonamides is 1. The minimum absolute atomic E-state index is 0.0452. The topological polar surface area (TPSA) is 99.3 Å². The molecule has 1 aliphatic carbocycles. The zero-order valence-electron chi connectivity index (χ0n) is 11.7. The van der Waals surface area contributed by atoms with Crippen molar-refractivity contribution in [1.29, 1.82) is 0 Å². The Hall–Kier alpha value is -0.890. The molecule has 0 amide bonds. The van der Waals surface area contributed by atoms with Gasteiger partial charge < -0.3 is 10.1 Å². The van der Waals surface area contributed by atoms with Crippen molar-refractivity contribution in [3.05, 3.63) is 27.6 Å². The van der Waals surface area contributed by atoms with Crippen LogP contribution < -0.4 is 10.3 Å². The molecule has 0 saturated heterocycles. The zero-order valence-corrected chi connectivity index (χ0v) is 13.3.